The highest BCUT2D eigenvalue weighted by Gasteiger charge is 2.30. The third-order valence-corrected chi connectivity index (χ3v) is 6.68. The normalized spacial score (nSPS) is 17.2. The Labute approximate surface area is 157 Å². The summed E-state index contributed by atoms with van der Waals surface area (Å²) in [7, 11) is -3.07. The van der Waals surface area contributed by atoms with Gasteiger partial charge in [0.05, 0.1) is 19.5 Å². The molecule has 1 saturated heterocycles. The van der Waals surface area contributed by atoms with Crippen LogP contribution < -0.4 is 5.73 Å². The van der Waals surface area contributed by atoms with Crippen molar-refractivity contribution in [2.75, 3.05) is 38.3 Å². The molecule has 2 aromatic heterocycles. The van der Waals surface area contributed by atoms with Gasteiger partial charge in [0.25, 0.3) is 0 Å². The van der Waals surface area contributed by atoms with Crippen molar-refractivity contribution in [2.24, 2.45) is 0 Å². The van der Waals surface area contributed by atoms with Crippen LogP contribution in [0.3, 0.4) is 0 Å². The van der Waals surface area contributed by atoms with Gasteiger partial charge < -0.3 is 19.3 Å². The first kappa shape index (κ1) is 19.5. The molecule has 1 fully saturated rings. The van der Waals surface area contributed by atoms with Gasteiger partial charge in [0.2, 0.25) is 5.95 Å². The lowest BCUT2D eigenvalue weighted by Gasteiger charge is -2.34. The fourth-order valence-corrected chi connectivity index (χ4v) is 5.28. The van der Waals surface area contributed by atoms with Gasteiger partial charge >= 0.3 is 7.60 Å². The molecule has 0 radical (unpaired) electrons. The molecule has 26 heavy (non-hydrogen) atoms. The molecule has 2 aromatic rings. The number of hydrogen-bond donors (Lipinski definition) is 1. The Kier molecular flexibility index (Phi) is 6.14. The summed E-state index contributed by atoms with van der Waals surface area (Å²) in [5.74, 6) is 0.135. The van der Waals surface area contributed by atoms with Gasteiger partial charge in [-0.25, -0.2) is 4.98 Å². The second-order valence-corrected chi connectivity index (χ2v) is 8.51. The van der Waals surface area contributed by atoms with Crippen LogP contribution in [0.1, 0.15) is 32.7 Å². The van der Waals surface area contributed by atoms with Gasteiger partial charge in [-0.3, -0.25) is 9.46 Å². The van der Waals surface area contributed by atoms with Crippen LogP contribution >= 0.6 is 19.2 Å². The number of nitrogen functional groups attached to an aromatic ring is 1. The minimum atomic E-state index is -3.07. The average molecular weight is 403 g/mol. The van der Waals surface area contributed by atoms with Crippen molar-refractivity contribution in [2.45, 2.75) is 32.7 Å². The zero-order valence-corrected chi connectivity index (χ0v) is 16.6. The van der Waals surface area contributed by atoms with E-state index in [0.29, 0.717) is 30.7 Å². The number of likely N-dealkylation sites (tertiary alicyclic amines) is 1. The van der Waals surface area contributed by atoms with E-state index in [1.807, 2.05) is 18.4 Å². The zero-order valence-electron chi connectivity index (χ0n) is 15.0. The third kappa shape index (κ3) is 4.18. The topological polar surface area (TPSA) is 108 Å². The van der Waals surface area contributed by atoms with Crippen molar-refractivity contribution in [3.8, 4) is 0 Å². The molecule has 144 valence electrons. The van der Waals surface area contributed by atoms with Crippen molar-refractivity contribution >= 4 is 36.3 Å². The number of halogens is 1. The number of nitrogens with zero attached hydrogens (tertiary/aromatic N) is 5. The maximum atomic E-state index is 12.7. The number of imidazole rings is 1. The largest absolute Gasteiger partial charge is 0.368 e. The van der Waals surface area contributed by atoms with Gasteiger partial charge in [-0.2, -0.15) is 9.97 Å². The molecule has 0 saturated carbocycles. The van der Waals surface area contributed by atoms with Crippen LogP contribution in [0.4, 0.5) is 5.95 Å². The van der Waals surface area contributed by atoms with Gasteiger partial charge in [0, 0.05) is 19.1 Å². The van der Waals surface area contributed by atoms with E-state index in [0.717, 1.165) is 25.9 Å². The van der Waals surface area contributed by atoms with Crippen molar-refractivity contribution in [1.29, 1.82) is 0 Å². The van der Waals surface area contributed by atoms with Gasteiger partial charge in [0.15, 0.2) is 10.8 Å². The van der Waals surface area contributed by atoms with Crippen LogP contribution in [-0.2, 0) is 13.6 Å². The second-order valence-electron chi connectivity index (χ2n) is 6.13. The summed E-state index contributed by atoms with van der Waals surface area (Å²) in [6.07, 6.45) is 3.78. The van der Waals surface area contributed by atoms with Crippen molar-refractivity contribution in [3.63, 3.8) is 0 Å². The summed E-state index contributed by atoms with van der Waals surface area (Å²) in [6.45, 7) is 5.94. The lowest BCUT2D eigenvalue weighted by atomic mass is 10.1. The Balaban J connectivity index is 1.68. The summed E-state index contributed by atoms with van der Waals surface area (Å²) in [5, 5.41) is 0.262. The molecule has 0 amide bonds. The summed E-state index contributed by atoms with van der Waals surface area (Å²) in [4.78, 5) is 14.7. The minimum absolute atomic E-state index is 0.135. The Morgan fingerprint density at radius 1 is 1.27 bits per heavy atom. The van der Waals surface area contributed by atoms with Crippen LogP contribution in [0, 0.1) is 0 Å². The maximum Gasteiger partial charge on any atom is 0.344 e. The molecule has 3 rings (SSSR count). The van der Waals surface area contributed by atoms with E-state index >= 15 is 0 Å². The number of hydrogen-bond acceptors (Lipinski definition) is 8. The highest BCUT2D eigenvalue weighted by atomic mass is 35.5. The Morgan fingerprint density at radius 3 is 2.54 bits per heavy atom. The number of anilines is 1. The quantitative estimate of drug-likeness (QED) is 0.556. The fraction of sp³-hybridized carbons (Fsp3) is 0.667. The van der Waals surface area contributed by atoms with Gasteiger partial charge in [-0.1, -0.05) is 11.6 Å². The zero-order chi connectivity index (χ0) is 18.7. The van der Waals surface area contributed by atoms with Gasteiger partial charge in [0.1, 0.15) is 11.8 Å². The Hall–Kier alpha value is -1.25. The van der Waals surface area contributed by atoms with E-state index in [4.69, 9.17) is 26.4 Å². The molecule has 0 spiro atoms. The molecule has 3 heterocycles. The SMILES string of the molecule is CCOP(=O)(CN1CCC(n2cnc3c(Cl)nc(N)nc32)CC1)OCC. The van der Waals surface area contributed by atoms with Crippen molar-refractivity contribution in [1.82, 2.24) is 24.4 Å². The van der Waals surface area contributed by atoms with E-state index in [9.17, 15) is 4.57 Å². The lowest BCUT2D eigenvalue weighted by molar-refractivity contribution is 0.170. The molecule has 0 unspecified atom stereocenters. The monoisotopic (exact) mass is 402 g/mol. The molecule has 2 N–H and O–H groups in total. The molecular weight excluding hydrogens is 379 g/mol. The number of aromatic nitrogens is 4. The maximum absolute atomic E-state index is 12.7. The van der Waals surface area contributed by atoms with E-state index < -0.39 is 7.60 Å². The van der Waals surface area contributed by atoms with Crippen LogP contribution in [0.25, 0.3) is 11.2 Å². The molecule has 0 aliphatic carbocycles. The number of piperidine rings is 1. The van der Waals surface area contributed by atoms with Gasteiger partial charge in [-0.05, 0) is 26.7 Å². The molecule has 0 aromatic carbocycles. The van der Waals surface area contributed by atoms with Crippen molar-refractivity contribution in [3.05, 3.63) is 11.5 Å². The van der Waals surface area contributed by atoms with Gasteiger partial charge in [-0.15, -0.1) is 0 Å². The van der Waals surface area contributed by atoms with Crippen LogP contribution in [0.15, 0.2) is 6.33 Å². The van der Waals surface area contributed by atoms with E-state index in [2.05, 4.69) is 19.9 Å². The highest BCUT2D eigenvalue weighted by molar-refractivity contribution is 7.53. The second kappa shape index (κ2) is 8.19. The average Bonchev–Trinajstić information content (AvgIpc) is 3.00. The van der Waals surface area contributed by atoms with E-state index in [1.165, 1.54) is 0 Å². The molecule has 11 heteroatoms. The predicted octanol–water partition coefficient (Wildman–Crippen LogP) is 2.92. The molecule has 0 bridgehead atoms. The molecule has 0 atom stereocenters. The number of fused-ring (bicyclic) bond motifs is 1. The van der Waals surface area contributed by atoms with Crippen LogP contribution in [0.5, 0.6) is 0 Å². The van der Waals surface area contributed by atoms with Crippen LogP contribution in [0.2, 0.25) is 5.15 Å². The molecule has 1 aliphatic heterocycles. The fourth-order valence-electron chi connectivity index (χ4n) is 3.26. The summed E-state index contributed by atoms with van der Waals surface area (Å²) < 4.78 is 25.5. The minimum Gasteiger partial charge on any atom is -0.368 e. The first-order valence-corrected chi connectivity index (χ1v) is 10.8. The molecule has 9 nitrogen and oxygen atoms in total. The third-order valence-electron chi connectivity index (χ3n) is 4.37. The summed E-state index contributed by atoms with van der Waals surface area (Å²) in [6, 6.07) is 0.222. The smallest absolute Gasteiger partial charge is 0.344 e. The highest BCUT2D eigenvalue weighted by Crippen LogP contribution is 2.49. The van der Waals surface area contributed by atoms with E-state index in [-0.39, 0.29) is 17.1 Å². The Bertz CT molecular complexity index is 798. The molecular formula is C15H24ClN6O3P. The van der Waals surface area contributed by atoms with Crippen LogP contribution in [-0.4, -0.2) is 57.0 Å². The number of nitrogens with two attached hydrogens (primary N) is 1. The Morgan fingerprint density at radius 2 is 1.92 bits per heavy atom. The first-order chi connectivity index (χ1) is 12.5. The number of rotatable bonds is 7. The lowest BCUT2D eigenvalue weighted by Crippen LogP contribution is -2.35. The van der Waals surface area contributed by atoms with Crippen molar-refractivity contribution < 1.29 is 13.6 Å². The van der Waals surface area contributed by atoms with E-state index in [1.54, 1.807) is 6.33 Å². The first-order valence-electron chi connectivity index (χ1n) is 8.71. The standard InChI is InChI=1S/C15H24ClN6O3P/c1-3-24-26(23,25-4-2)10-21-7-5-11(6-8-21)22-9-18-12-13(16)19-15(17)20-14(12)22/h9,11H,3-8,10H2,1-2H3,(H2,17,19,20). The predicted molar refractivity (Wildman–Crippen MR) is 100 cm³/mol. The molecule has 1 aliphatic rings. The summed E-state index contributed by atoms with van der Waals surface area (Å²) in [5.41, 5.74) is 6.92. The summed E-state index contributed by atoms with van der Waals surface area (Å²) >= 11 is 6.10.